The molecule has 1 aromatic rings. The van der Waals surface area contributed by atoms with Crippen LogP contribution in [0.1, 0.15) is 36.9 Å². The third-order valence-electron chi connectivity index (χ3n) is 3.02. The number of ether oxygens (including phenoxy) is 1. The first-order valence-corrected chi connectivity index (χ1v) is 5.90. The Morgan fingerprint density at radius 2 is 1.65 bits per heavy atom. The van der Waals surface area contributed by atoms with E-state index in [4.69, 9.17) is 10.5 Å². The Balaban J connectivity index is 3.33. The Bertz CT molecular complexity index is 470. The molecule has 20 heavy (non-hydrogen) atoms. The smallest absolute Gasteiger partial charge is 0.455 e. The van der Waals surface area contributed by atoms with Gasteiger partial charge >= 0.3 is 12.1 Å². The van der Waals surface area contributed by atoms with Gasteiger partial charge in [0.1, 0.15) is 11.8 Å². The SMILES string of the molecule is COc1ccc(C(C)C)cc1[C@@H](N)C(F)(F)C(F)(F)F. The van der Waals surface area contributed by atoms with Crippen LogP contribution in [0.15, 0.2) is 18.2 Å². The van der Waals surface area contributed by atoms with Crippen LogP contribution in [0.3, 0.4) is 0 Å². The minimum absolute atomic E-state index is 0.0358. The van der Waals surface area contributed by atoms with Crippen LogP contribution in [0, 0.1) is 0 Å². The number of benzene rings is 1. The molecule has 0 bridgehead atoms. The maximum Gasteiger partial charge on any atom is 0.455 e. The van der Waals surface area contributed by atoms with E-state index in [1.54, 1.807) is 19.9 Å². The van der Waals surface area contributed by atoms with Crippen molar-refractivity contribution in [2.45, 2.75) is 37.9 Å². The first-order valence-electron chi connectivity index (χ1n) is 5.90. The lowest BCUT2D eigenvalue weighted by Crippen LogP contribution is -2.46. The maximum atomic E-state index is 13.4. The third kappa shape index (κ3) is 3.03. The highest BCUT2D eigenvalue weighted by Gasteiger charge is 2.62. The van der Waals surface area contributed by atoms with Gasteiger partial charge in [0.2, 0.25) is 0 Å². The quantitative estimate of drug-likeness (QED) is 0.852. The van der Waals surface area contributed by atoms with Crippen molar-refractivity contribution in [1.29, 1.82) is 0 Å². The average molecular weight is 297 g/mol. The molecule has 2 N–H and O–H groups in total. The summed E-state index contributed by atoms with van der Waals surface area (Å²) >= 11 is 0. The monoisotopic (exact) mass is 297 g/mol. The standard InChI is InChI=1S/C13H16F5NO/c1-7(2)8-4-5-10(20-3)9(6-8)11(19)12(14,15)13(16,17)18/h4-7,11H,19H2,1-3H3/t11-/m1/s1. The van der Waals surface area contributed by atoms with Crippen LogP contribution >= 0.6 is 0 Å². The Morgan fingerprint density at radius 1 is 1.10 bits per heavy atom. The summed E-state index contributed by atoms with van der Waals surface area (Å²) in [5.74, 6) is -5.16. The van der Waals surface area contributed by atoms with Crippen LogP contribution in [-0.4, -0.2) is 19.2 Å². The fraction of sp³-hybridized carbons (Fsp3) is 0.538. The van der Waals surface area contributed by atoms with Crippen LogP contribution in [0.2, 0.25) is 0 Å². The second kappa shape index (κ2) is 5.55. The largest absolute Gasteiger partial charge is 0.496 e. The number of hydrogen-bond donors (Lipinski definition) is 1. The summed E-state index contributed by atoms with van der Waals surface area (Å²) in [4.78, 5) is 0. The van der Waals surface area contributed by atoms with Gasteiger partial charge in [0.25, 0.3) is 0 Å². The van der Waals surface area contributed by atoms with Gasteiger partial charge < -0.3 is 10.5 Å². The van der Waals surface area contributed by atoms with Crippen molar-refractivity contribution in [2.75, 3.05) is 7.11 Å². The van der Waals surface area contributed by atoms with E-state index < -0.39 is 18.1 Å². The van der Waals surface area contributed by atoms with E-state index in [1.165, 1.54) is 19.2 Å². The van der Waals surface area contributed by atoms with Crippen molar-refractivity contribution in [2.24, 2.45) is 5.73 Å². The predicted octanol–water partition coefficient (Wildman–Crippen LogP) is 4.02. The van der Waals surface area contributed by atoms with Crippen molar-refractivity contribution >= 4 is 0 Å². The molecule has 0 fully saturated rings. The summed E-state index contributed by atoms with van der Waals surface area (Å²) in [5, 5.41) is 0. The highest BCUT2D eigenvalue weighted by atomic mass is 19.4. The number of nitrogens with two attached hydrogens (primary N) is 1. The van der Waals surface area contributed by atoms with Gasteiger partial charge in [-0.3, -0.25) is 0 Å². The molecular formula is C13H16F5NO. The van der Waals surface area contributed by atoms with Crippen LogP contribution in [-0.2, 0) is 0 Å². The summed E-state index contributed by atoms with van der Waals surface area (Å²) in [6.07, 6.45) is -5.72. The summed E-state index contributed by atoms with van der Waals surface area (Å²) in [5.41, 5.74) is 5.40. The number of halogens is 5. The van der Waals surface area contributed by atoms with E-state index in [0.717, 1.165) is 0 Å². The van der Waals surface area contributed by atoms with Crippen molar-refractivity contribution in [3.8, 4) is 5.75 Å². The molecule has 0 aliphatic heterocycles. The molecule has 0 saturated heterocycles. The normalized spacial score (nSPS) is 14.5. The number of alkyl halides is 5. The molecule has 0 radical (unpaired) electrons. The lowest BCUT2D eigenvalue weighted by atomic mass is 9.94. The van der Waals surface area contributed by atoms with E-state index in [9.17, 15) is 22.0 Å². The molecule has 0 amide bonds. The number of hydrogen-bond acceptors (Lipinski definition) is 2. The van der Waals surface area contributed by atoms with Gasteiger partial charge in [-0.05, 0) is 17.5 Å². The Morgan fingerprint density at radius 3 is 2.05 bits per heavy atom. The van der Waals surface area contributed by atoms with Crippen LogP contribution in [0.4, 0.5) is 22.0 Å². The highest BCUT2D eigenvalue weighted by Crippen LogP contribution is 2.45. The second-order valence-electron chi connectivity index (χ2n) is 4.75. The molecule has 0 aliphatic rings. The zero-order valence-corrected chi connectivity index (χ0v) is 11.3. The highest BCUT2D eigenvalue weighted by molar-refractivity contribution is 5.41. The number of methoxy groups -OCH3 is 1. The van der Waals surface area contributed by atoms with Crippen molar-refractivity contribution < 1.29 is 26.7 Å². The average Bonchev–Trinajstić information content (AvgIpc) is 2.35. The molecule has 114 valence electrons. The predicted molar refractivity (Wildman–Crippen MR) is 65.0 cm³/mol. The second-order valence-corrected chi connectivity index (χ2v) is 4.75. The van der Waals surface area contributed by atoms with Crippen molar-refractivity contribution in [3.05, 3.63) is 29.3 Å². The lowest BCUT2D eigenvalue weighted by molar-refractivity contribution is -0.291. The van der Waals surface area contributed by atoms with Crippen LogP contribution < -0.4 is 10.5 Å². The van der Waals surface area contributed by atoms with E-state index in [2.05, 4.69) is 0 Å². The van der Waals surface area contributed by atoms with Crippen molar-refractivity contribution in [3.63, 3.8) is 0 Å². The zero-order valence-electron chi connectivity index (χ0n) is 11.3. The molecule has 1 rings (SSSR count). The molecule has 1 atom stereocenters. The number of rotatable bonds is 4. The van der Waals surface area contributed by atoms with Gasteiger partial charge in [-0.1, -0.05) is 26.0 Å². The van der Waals surface area contributed by atoms with Gasteiger partial charge in [-0.25, -0.2) is 0 Å². The van der Waals surface area contributed by atoms with Crippen LogP contribution in [0.5, 0.6) is 5.75 Å². The molecular weight excluding hydrogens is 281 g/mol. The third-order valence-corrected chi connectivity index (χ3v) is 3.02. The first kappa shape index (κ1) is 16.7. The van der Waals surface area contributed by atoms with Crippen LogP contribution in [0.25, 0.3) is 0 Å². The Hall–Kier alpha value is -1.37. The molecule has 2 nitrogen and oxygen atoms in total. The Labute approximate surface area is 113 Å². The van der Waals surface area contributed by atoms with Gasteiger partial charge in [-0.2, -0.15) is 22.0 Å². The molecule has 0 aromatic heterocycles. The first-order chi connectivity index (χ1) is 9.02. The molecule has 0 spiro atoms. The molecule has 1 aromatic carbocycles. The minimum Gasteiger partial charge on any atom is -0.496 e. The van der Waals surface area contributed by atoms with Gasteiger partial charge in [-0.15, -0.1) is 0 Å². The van der Waals surface area contributed by atoms with E-state index >= 15 is 0 Å². The van der Waals surface area contributed by atoms with E-state index in [1.807, 2.05) is 0 Å². The summed E-state index contributed by atoms with van der Waals surface area (Å²) in [6, 6.07) is 1.66. The summed E-state index contributed by atoms with van der Waals surface area (Å²) in [6.45, 7) is 3.58. The Kier molecular flexibility index (Phi) is 4.63. The van der Waals surface area contributed by atoms with Gasteiger partial charge in [0.05, 0.1) is 7.11 Å². The zero-order chi connectivity index (χ0) is 15.7. The van der Waals surface area contributed by atoms with Crippen molar-refractivity contribution in [1.82, 2.24) is 0 Å². The molecule has 0 unspecified atom stereocenters. The fourth-order valence-electron chi connectivity index (χ4n) is 1.73. The molecule has 0 heterocycles. The lowest BCUT2D eigenvalue weighted by Gasteiger charge is -2.27. The molecule has 0 aliphatic carbocycles. The minimum atomic E-state index is -5.72. The summed E-state index contributed by atoms with van der Waals surface area (Å²) < 4.78 is 68.7. The van der Waals surface area contributed by atoms with E-state index in [0.29, 0.717) is 5.56 Å². The molecule has 7 heteroatoms. The maximum absolute atomic E-state index is 13.4. The van der Waals surface area contributed by atoms with Gasteiger partial charge in [0.15, 0.2) is 0 Å². The van der Waals surface area contributed by atoms with Gasteiger partial charge in [0, 0.05) is 5.56 Å². The fourth-order valence-corrected chi connectivity index (χ4v) is 1.73. The topological polar surface area (TPSA) is 35.2 Å². The molecule has 0 saturated carbocycles. The summed E-state index contributed by atoms with van der Waals surface area (Å²) in [7, 11) is 1.19. The van der Waals surface area contributed by atoms with E-state index in [-0.39, 0.29) is 17.2 Å².